The fourth-order valence-electron chi connectivity index (χ4n) is 2.19. The van der Waals surface area contributed by atoms with Gasteiger partial charge >= 0.3 is 5.97 Å². The summed E-state index contributed by atoms with van der Waals surface area (Å²) in [5.41, 5.74) is -0.734. The molecule has 1 saturated heterocycles. The Morgan fingerprint density at radius 3 is 2.65 bits per heavy atom. The van der Waals surface area contributed by atoms with Crippen LogP contribution in [0.25, 0.3) is 0 Å². The number of carboxylic acid groups (broad SMARTS) is 1. The third kappa shape index (κ3) is 2.47. The summed E-state index contributed by atoms with van der Waals surface area (Å²) in [4.78, 5) is 12.9. The van der Waals surface area contributed by atoms with E-state index in [0.717, 1.165) is 0 Å². The summed E-state index contributed by atoms with van der Waals surface area (Å²) in [7, 11) is 1.97. The van der Waals surface area contributed by atoms with Crippen LogP contribution in [-0.4, -0.2) is 36.1 Å². The minimum Gasteiger partial charge on any atom is -0.478 e. The van der Waals surface area contributed by atoms with E-state index in [-0.39, 0.29) is 5.56 Å². The molecule has 1 heterocycles. The van der Waals surface area contributed by atoms with Crippen molar-refractivity contribution in [2.24, 2.45) is 0 Å². The molecule has 92 valence electrons. The SMILES string of the molecule is CN1CCC(F)(c2cccc(C(=O)O)c2)CC1. The number of nitrogens with zero attached hydrogens (tertiary/aromatic N) is 1. The van der Waals surface area contributed by atoms with Crippen molar-refractivity contribution in [3.63, 3.8) is 0 Å². The number of carbonyl (C=O) groups is 1. The van der Waals surface area contributed by atoms with Gasteiger partial charge in [0.05, 0.1) is 5.56 Å². The second-order valence-electron chi connectivity index (χ2n) is 4.65. The number of rotatable bonds is 2. The zero-order valence-electron chi connectivity index (χ0n) is 9.82. The van der Waals surface area contributed by atoms with Crippen molar-refractivity contribution in [3.05, 3.63) is 35.4 Å². The van der Waals surface area contributed by atoms with Crippen LogP contribution in [0.2, 0.25) is 0 Å². The monoisotopic (exact) mass is 237 g/mol. The van der Waals surface area contributed by atoms with Crippen LogP contribution in [-0.2, 0) is 5.67 Å². The average Bonchev–Trinajstić information content (AvgIpc) is 2.33. The lowest BCUT2D eigenvalue weighted by Gasteiger charge is -2.34. The third-order valence-electron chi connectivity index (χ3n) is 3.41. The molecule has 3 nitrogen and oxygen atoms in total. The first-order valence-corrected chi connectivity index (χ1v) is 5.72. The van der Waals surface area contributed by atoms with Gasteiger partial charge < -0.3 is 10.0 Å². The first-order valence-electron chi connectivity index (χ1n) is 5.72. The minimum atomic E-state index is -1.38. The lowest BCUT2D eigenvalue weighted by atomic mass is 9.85. The highest BCUT2D eigenvalue weighted by Crippen LogP contribution is 2.36. The summed E-state index contributed by atoms with van der Waals surface area (Å²) in [6, 6.07) is 6.23. The Labute approximate surface area is 99.9 Å². The van der Waals surface area contributed by atoms with Gasteiger partial charge in [-0.2, -0.15) is 0 Å². The van der Waals surface area contributed by atoms with Crippen molar-refractivity contribution in [2.75, 3.05) is 20.1 Å². The Bertz CT molecular complexity index is 425. The van der Waals surface area contributed by atoms with E-state index in [9.17, 15) is 9.18 Å². The van der Waals surface area contributed by atoms with Crippen LogP contribution in [0.3, 0.4) is 0 Å². The molecule has 1 aromatic carbocycles. The van der Waals surface area contributed by atoms with Gasteiger partial charge in [-0.1, -0.05) is 12.1 Å². The average molecular weight is 237 g/mol. The lowest BCUT2D eigenvalue weighted by Crippen LogP contribution is -2.38. The van der Waals surface area contributed by atoms with E-state index < -0.39 is 11.6 Å². The standard InChI is InChI=1S/C13H16FNO2/c1-15-7-5-13(14,6-8-15)11-4-2-3-10(9-11)12(16)17/h2-4,9H,5-8H2,1H3,(H,16,17). The van der Waals surface area contributed by atoms with Crippen LogP contribution in [0, 0.1) is 0 Å². The van der Waals surface area contributed by atoms with E-state index in [1.165, 1.54) is 12.1 Å². The molecule has 17 heavy (non-hydrogen) atoms. The molecular weight excluding hydrogens is 221 g/mol. The van der Waals surface area contributed by atoms with E-state index >= 15 is 0 Å². The van der Waals surface area contributed by atoms with Crippen LogP contribution in [0.15, 0.2) is 24.3 Å². The quantitative estimate of drug-likeness (QED) is 0.857. The molecule has 1 N–H and O–H groups in total. The molecule has 1 aromatic rings. The molecule has 1 aliphatic rings. The van der Waals surface area contributed by atoms with Gasteiger partial charge in [-0.05, 0) is 37.6 Å². The zero-order chi connectivity index (χ0) is 12.5. The molecule has 1 fully saturated rings. The van der Waals surface area contributed by atoms with Gasteiger partial charge in [0.25, 0.3) is 0 Å². The maximum Gasteiger partial charge on any atom is 0.335 e. The van der Waals surface area contributed by atoms with Crippen molar-refractivity contribution in [1.29, 1.82) is 0 Å². The number of hydrogen-bond acceptors (Lipinski definition) is 2. The molecular formula is C13H16FNO2. The van der Waals surface area contributed by atoms with Crippen molar-refractivity contribution < 1.29 is 14.3 Å². The Morgan fingerprint density at radius 2 is 2.06 bits per heavy atom. The molecule has 0 spiro atoms. The number of aromatic carboxylic acids is 1. The number of benzene rings is 1. The van der Waals surface area contributed by atoms with E-state index in [2.05, 4.69) is 4.90 Å². The number of halogens is 1. The van der Waals surface area contributed by atoms with Crippen molar-refractivity contribution in [3.8, 4) is 0 Å². The Balaban J connectivity index is 2.27. The van der Waals surface area contributed by atoms with Crippen LogP contribution >= 0.6 is 0 Å². The topological polar surface area (TPSA) is 40.5 Å². The summed E-state index contributed by atoms with van der Waals surface area (Å²) in [6.07, 6.45) is 0.846. The molecule has 0 saturated carbocycles. The normalized spacial score (nSPS) is 20.1. The summed E-state index contributed by atoms with van der Waals surface area (Å²) in [5.74, 6) is -1.01. The van der Waals surface area contributed by atoms with Crippen molar-refractivity contribution >= 4 is 5.97 Å². The molecule has 4 heteroatoms. The smallest absolute Gasteiger partial charge is 0.335 e. The Kier molecular flexibility index (Phi) is 3.15. The fourth-order valence-corrected chi connectivity index (χ4v) is 2.19. The van der Waals surface area contributed by atoms with Crippen LogP contribution < -0.4 is 0 Å². The Hall–Kier alpha value is -1.42. The van der Waals surface area contributed by atoms with Gasteiger partial charge in [-0.3, -0.25) is 0 Å². The zero-order valence-corrected chi connectivity index (χ0v) is 9.82. The van der Waals surface area contributed by atoms with E-state index in [0.29, 0.717) is 31.5 Å². The maximum absolute atomic E-state index is 14.7. The highest BCUT2D eigenvalue weighted by molar-refractivity contribution is 5.87. The number of carboxylic acids is 1. The van der Waals surface area contributed by atoms with Gasteiger partial charge in [0.1, 0.15) is 5.67 Å². The first-order chi connectivity index (χ1) is 8.01. The van der Waals surface area contributed by atoms with Crippen molar-refractivity contribution in [2.45, 2.75) is 18.5 Å². The molecule has 0 bridgehead atoms. The summed E-state index contributed by atoms with van der Waals surface area (Å²) in [5, 5.41) is 8.90. The molecule has 0 atom stereocenters. The molecule has 1 aliphatic heterocycles. The number of alkyl halides is 1. The lowest BCUT2D eigenvalue weighted by molar-refractivity contribution is 0.0662. The predicted octanol–water partition coefficient (Wildman–Crippen LogP) is 2.28. The van der Waals surface area contributed by atoms with Gasteiger partial charge in [-0.15, -0.1) is 0 Å². The van der Waals surface area contributed by atoms with E-state index in [1.54, 1.807) is 12.1 Å². The number of piperidine rings is 1. The molecule has 0 aromatic heterocycles. The molecule has 0 unspecified atom stereocenters. The third-order valence-corrected chi connectivity index (χ3v) is 3.41. The first kappa shape index (κ1) is 12.0. The molecule has 0 amide bonds. The maximum atomic E-state index is 14.7. The minimum absolute atomic E-state index is 0.151. The van der Waals surface area contributed by atoms with Crippen LogP contribution in [0.1, 0.15) is 28.8 Å². The van der Waals surface area contributed by atoms with Gasteiger partial charge in [-0.25, -0.2) is 9.18 Å². The molecule has 0 aliphatic carbocycles. The van der Waals surface area contributed by atoms with Crippen LogP contribution in [0.4, 0.5) is 4.39 Å². The van der Waals surface area contributed by atoms with Crippen molar-refractivity contribution in [1.82, 2.24) is 4.90 Å². The fraction of sp³-hybridized carbons (Fsp3) is 0.462. The van der Waals surface area contributed by atoms with Gasteiger partial charge in [0.2, 0.25) is 0 Å². The highest BCUT2D eigenvalue weighted by atomic mass is 19.1. The second kappa shape index (κ2) is 4.45. The largest absolute Gasteiger partial charge is 0.478 e. The highest BCUT2D eigenvalue weighted by Gasteiger charge is 2.35. The van der Waals surface area contributed by atoms with Crippen LogP contribution in [0.5, 0.6) is 0 Å². The second-order valence-corrected chi connectivity index (χ2v) is 4.65. The summed E-state index contributed by atoms with van der Waals surface area (Å²) < 4.78 is 14.7. The number of hydrogen-bond donors (Lipinski definition) is 1. The summed E-state index contributed by atoms with van der Waals surface area (Å²) in [6.45, 7) is 1.40. The molecule has 0 radical (unpaired) electrons. The van der Waals surface area contributed by atoms with Gasteiger partial charge in [0, 0.05) is 13.1 Å². The molecule has 2 rings (SSSR count). The Morgan fingerprint density at radius 1 is 1.41 bits per heavy atom. The number of likely N-dealkylation sites (tertiary alicyclic amines) is 1. The van der Waals surface area contributed by atoms with Gasteiger partial charge in [0.15, 0.2) is 0 Å². The predicted molar refractivity (Wildman–Crippen MR) is 62.9 cm³/mol. The van der Waals surface area contributed by atoms with E-state index in [4.69, 9.17) is 5.11 Å². The van der Waals surface area contributed by atoms with E-state index in [1.807, 2.05) is 7.05 Å². The summed E-state index contributed by atoms with van der Waals surface area (Å²) >= 11 is 0.